The van der Waals surface area contributed by atoms with Crippen LogP contribution in [0.4, 0.5) is 0 Å². The molecule has 0 spiro atoms. The smallest absolute Gasteiger partial charge is 0.144 e. The first kappa shape index (κ1) is 12.1. The lowest BCUT2D eigenvalue weighted by Gasteiger charge is -2.03. The molecule has 2 aromatic carbocycles. The lowest BCUT2D eigenvalue weighted by Crippen LogP contribution is -2.03. The molecule has 1 N–H and O–H groups in total. The van der Waals surface area contributed by atoms with Crippen LogP contribution in [0.3, 0.4) is 0 Å². The molecule has 4 aromatic rings. The predicted octanol–water partition coefficient (Wildman–Crippen LogP) is 2.89. The summed E-state index contributed by atoms with van der Waals surface area (Å²) >= 11 is 0. The molecular weight excluding hydrogens is 264 g/mol. The van der Waals surface area contributed by atoms with Gasteiger partial charge in [-0.3, -0.25) is 0 Å². The van der Waals surface area contributed by atoms with E-state index >= 15 is 0 Å². The number of hydrogen-bond donors (Lipinski definition) is 1. The van der Waals surface area contributed by atoms with E-state index in [2.05, 4.69) is 10.2 Å². The summed E-state index contributed by atoms with van der Waals surface area (Å²) in [5, 5.41) is 20.5. The van der Waals surface area contributed by atoms with Crippen LogP contribution in [0.2, 0.25) is 0 Å². The molecule has 0 fully saturated rings. The standard InChI is InChI=1S/C16H14N4O/c1-11(21)19-10-13-6-7-14(8-15(13)18-19)20-16-5-3-2-4-12(16)9-17-20/h2-11,21H,1H3. The summed E-state index contributed by atoms with van der Waals surface area (Å²) in [6, 6.07) is 14.1. The average Bonchev–Trinajstić information content (AvgIpc) is 3.10. The molecule has 0 saturated heterocycles. The van der Waals surface area contributed by atoms with E-state index in [1.807, 2.05) is 59.5 Å². The summed E-state index contributed by atoms with van der Waals surface area (Å²) in [5.41, 5.74) is 2.86. The van der Waals surface area contributed by atoms with Gasteiger partial charge in [0.1, 0.15) is 6.23 Å². The van der Waals surface area contributed by atoms with E-state index in [0.29, 0.717) is 0 Å². The minimum absolute atomic E-state index is 0.633. The zero-order chi connectivity index (χ0) is 14.4. The lowest BCUT2D eigenvalue weighted by molar-refractivity contribution is 0.111. The first-order chi connectivity index (χ1) is 10.2. The Kier molecular flexibility index (Phi) is 2.55. The Labute approximate surface area is 121 Å². The van der Waals surface area contributed by atoms with Crippen LogP contribution in [0, 0.1) is 0 Å². The second kappa shape index (κ2) is 4.43. The third-order valence-electron chi connectivity index (χ3n) is 3.61. The van der Waals surface area contributed by atoms with Crippen LogP contribution >= 0.6 is 0 Å². The highest BCUT2D eigenvalue weighted by Gasteiger charge is 2.08. The normalized spacial score (nSPS) is 13.0. The molecule has 2 heterocycles. The van der Waals surface area contributed by atoms with Crippen LogP contribution in [-0.4, -0.2) is 24.7 Å². The highest BCUT2D eigenvalue weighted by Crippen LogP contribution is 2.22. The Morgan fingerprint density at radius 3 is 2.81 bits per heavy atom. The Morgan fingerprint density at radius 1 is 1.10 bits per heavy atom. The van der Waals surface area contributed by atoms with Crippen molar-refractivity contribution < 1.29 is 5.11 Å². The van der Waals surface area contributed by atoms with Gasteiger partial charge in [-0.05, 0) is 31.2 Å². The van der Waals surface area contributed by atoms with Gasteiger partial charge >= 0.3 is 0 Å². The van der Waals surface area contributed by atoms with Crippen molar-refractivity contribution in [2.24, 2.45) is 0 Å². The van der Waals surface area contributed by atoms with E-state index in [1.54, 1.807) is 11.6 Å². The first-order valence-electron chi connectivity index (χ1n) is 6.82. The van der Waals surface area contributed by atoms with Gasteiger partial charge in [-0.25, -0.2) is 9.36 Å². The fourth-order valence-corrected chi connectivity index (χ4v) is 2.52. The molecule has 0 aliphatic heterocycles. The Bertz CT molecular complexity index is 936. The van der Waals surface area contributed by atoms with E-state index in [4.69, 9.17) is 0 Å². The molecule has 1 atom stereocenters. The van der Waals surface area contributed by atoms with Crippen molar-refractivity contribution in [2.45, 2.75) is 13.2 Å². The largest absolute Gasteiger partial charge is 0.372 e. The van der Waals surface area contributed by atoms with Gasteiger partial charge in [-0.1, -0.05) is 18.2 Å². The zero-order valence-corrected chi connectivity index (χ0v) is 11.5. The third kappa shape index (κ3) is 1.90. The van der Waals surface area contributed by atoms with Crippen LogP contribution < -0.4 is 0 Å². The molecule has 0 aliphatic rings. The summed E-state index contributed by atoms with van der Waals surface area (Å²) in [5.74, 6) is 0. The number of hydrogen-bond acceptors (Lipinski definition) is 3. The van der Waals surface area contributed by atoms with Crippen LogP contribution in [0.25, 0.3) is 27.5 Å². The zero-order valence-electron chi connectivity index (χ0n) is 11.5. The van der Waals surface area contributed by atoms with Gasteiger partial charge in [0.2, 0.25) is 0 Å². The van der Waals surface area contributed by atoms with Crippen LogP contribution in [0.15, 0.2) is 54.9 Å². The van der Waals surface area contributed by atoms with Crippen molar-refractivity contribution in [3.05, 3.63) is 54.9 Å². The molecule has 4 rings (SSSR count). The second-order valence-electron chi connectivity index (χ2n) is 5.10. The number of rotatable bonds is 2. The van der Waals surface area contributed by atoms with E-state index in [-0.39, 0.29) is 0 Å². The maximum absolute atomic E-state index is 9.60. The molecule has 2 aromatic heterocycles. The van der Waals surface area contributed by atoms with Crippen molar-refractivity contribution in [3.63, 3.8) is 0 Å². The molecule has 5 nitrogen and oxygen atoms in total. The number of aliphatic hydroxyl groups is 1. The molecule has 0 bridgehead atoms. The van der Waals surface area contributed by atoms with Crippen molar-refractivity contribution in [1.82, 2.24) is 19.6 Å². The monoisotopic (exact) mass is 278 g/mol. The minimum Gasteiger partial charge on any atom is -0.372 e. The Hall–Kier alpha value is -2.66. The van der Waals surface area contributed by atoms with Crippen LogP contribution in [0.5, 0.6) is 0 Å². The maximum Gasteiger partial charge on any atom is 0.144 e. The summed E-state index contributed by atoms with van der Waals surface area (Å²) in [4.78, 5) is 0. The van der Waals surface area contributed by atoms with Crippen molar-refractivity contribution in [3.8, 4) is 5.69 Å². The maximum atomic E-state index is 9.60. The number of nitrogens with zero attached hydrogens (tertiary/aromatic N) is 4. The van der Waals surface area contributed by atoms with Gasteiger partial charge in [-0.15, -0.1) is 0 Å². The summed E-state index contributed by atoms with van der Waals surface area (Å²) in [6.45, 7) is 1.69. The molecule has 0 amide bonds. The molecule has 0 saturated carbocycles. The van der Waals surface area contributed by atoms with Gasteiger partial charge < -0.3 is 5.11 Å². The topological polar surface area (TPSA) is 55.9 Å². The third-order valence-corrected chi connectivity index (χ3v) is 3.61. The average molecular weight is 278 g/mol. The fraction of sp³-hybridized carbons (Fsp3) is 0.125. The van der Waals surface area contributed by atoms with Crippen molar-refractivity contribution in [1.29, 1.82) is 0 Å². The highest BCUT2D eigenvalue weighted by atomic mass is 16.3. The molecule has 5 heteroatoms. The van der Waals surface area contributed by atoms with Gasteiger partial charge in [-0.2, -0.15) is 10.2 Å². The summed E-state index contributed by atoms with van der Waals surface area (Å²) < 4.78 is 3.45. The summed E-state index contributed by atoms with van der Waals surface area (Å²) in [7, 11) is 0. The molecule has 21 heavy (non-hydrogen) atoms. The number of fused-ring (bicyclic) bond motifs is 2. The molecular formula is C16H14N4O. The van der Waals surface area contributed by atoms with E-state index in [1.165, 1.54) is 0 Å². The predicted molar refractivity (Wildman–Crippen MR) is 81.3 cm³/mol. The van der Waals surface area contributed by atoms with Crippen LogP contribution in [-0.2, 0) is 0 Å². The second-order valence-corrected chi connectivity index (χ2v) is 5.10. The van der Waals surface area contributed by atoms with Gasteiger partial charge in [0.05, 0.1) is 22.9 Å². The van der Waals surface area contributed by atoms with Gasteiger partial charge in [0.25, 0.3) is 0 Å². The van der Waals surface area contributed by atoms with E-state index in [0.717, 1.165) is 27.5 Å². The van der Waals surface area contributed by atoms with E-state index in [9.17, 15) is 5.11 Å². The quantitative estimate of drug-likeness (QED) is 0.613. The minimum atomic E-state index is -0.633. The van der Waals surface area contributed by atoms with Gasteiger partial charge in [0, 0.05) is 17.0 Å². The van der Waals surface area contributed by atoms with Crippen molar-refractivity contribution >= 4 is 21.8 Å². The molecule has 1 unspecified atom stereocenters. The van der Waals surface area contributed by atoms with Crippen molar-refractivity contribution in [2.75, 3.05) is 0 Å². The van der Waals surface area contributed by atoms with E-state index < -0.39 is 6.23 Å². The summed E-state index contributed by atoms with van der Waals surface area (Å²) in [6.07, 6.45) is 3.06. The SMILES string of the molecule is CC(O)n1cc2ccc(-n3ncc4ccccc43)cc2n1. The fourth-order valence-electron chi connectivity index (χ4n) is 2.52. The highest BCUT2D eigenvalue weighted by molar-refractivity contribution is 5.83. The Balaban J connectivity index is 1.90. The number of para-hydroxylation sites is 1. The lowest BCUT2D eigenvalue weighted by atomic mass is 10.2. The molecule has 0 aliphatic carbocycles. The Morgan fingerprint density at radius 2 is 1.95 bits per heavy atom. The number of benzene rings is 2. The number of aromatic nitrogens is 4. The molecule has 0 radical (unpaired) electrons. The van der Waals surface area contributed by atoms with Gasteiger partial charge in [0.15, 0.2) is 0 Å². The molecule has 104 valence electrons. The van der Waals surface area contributed by atoms with Crippen LogP contribution in [0.1, 0.15) is 13.2 Å². The number of aliphatic hydroxyl groups excluding tert-OH is 1. The first-order valence-corrected chi connectivity index (χ1v) is 6.82.